The van der Waals surface area contributed by atoms with Crippen molar-refractivity contribution in [3.8, 4) is 0 Å². The van der Waals surface area contributed by atoms with Crippen LogP contribution in [-0.4, -0.2) is 36.6 Å². The zero-order chi connectivity index (χ0) is 15.7. The second-order valence-corrected chi connectivity index (χ2v) is 6.89. The number of nitrogens with zero attached hydrogens (tertiary/aromatic N) is 1. The number of esters is 1. The molecule has 1 aromatic carbocycles. The van der Waals surface area contributed by atoms with E-state index in [0.717, 1.165) is 36.6 Å². The molecular weight excluding hydrogens is 333 g/mol. The second-order valence-electron chi connectivity index (χ2n) is 6.45. The number of ether oxygens (including phenoxy) is 1. The predicted molar refractivity (Wildman–Crippen MR) is 95.9 cm³/mol. The maximum absolute atomic E-state index is 12.0. The van der Waals surface area contributed by atoms with E-state index in [1.54, 1.807) is 0 Å². The van der Waals surface area contributed by atoms with Crippen LogP contribution in [0.3, 0.4) is 0 Å². The lowest BCUT2D eigenvalue weighted by atomic mass is 9.81. The van der Waals surface area contributed by atoms with Gasteiger partial charge in [-0.1, -0.05) is 43.7 Å². The van der Waals surface area contributed by atoms with E-state index in [2.05, 4.69) is 17.0 Å². The fourth-order valence-corrected chi connectivity index (χ4v) is 3.46. The van der Waals surface area contributed by atoms with Gasteiger partial charge in [-0.15, -0.1) is 12.4 Å². The molecule has 5 heteroatoms. The van der Waals surface area contributed by atoms with Crippen LogP contribution in [0.1, 0.15) is 25.8 Å². The van der Waals surface area contributed by atoms with Gasteiger partial charge in [-0.05, 0) is 29.7 Å². The SMILES string of the molecule is CC(C)C(=O)OC1CCN2CC=C(c3cccc(Cl)c3)C1C2.Cl. The van der Waals surface area contributed by atoms with Gasteiger partial charge >= 0.3 is 5.97 Å². The Bertz CT molecular complexity index is 600. The molecule has 3 nitrogen and oxygen atoms in total. The average Bonchev–Trinajstić information content (AvgIpc) is 2.50. The fraction of sp³-hybridized carbons (Fsp3) is 0.500. The molecule has 0 aromatic heterocycles. The smallest absolute Gasteiger partial charge is 0.308 e. The molecule has 0 N–H and O–H groups in total. The largest absolute Gasteiger partial charge is 0.461 e. The van der Waals surface area contributed by atoms with Crippen LogP contribution >= 0.6 is 24.0 Å². The van der Waals surface area contributed by atoms with E-state index >= 15 is 0 Å². The summed E-state index contributed by atoms with van der Waals surface area (Å²) in [6.45, 7) is 6.67. The summed E-state index contributed by atoms with van der Waals surface area (Å²) in [5.41, 5.74) is 2.41. The molecule has 0 spiro atoms. The number of fused-ring (bicyclic) bond motifs is 2. The number of piperidine rings is 1. The van der Waals surface area contributed by atoms with Crippen molar-refractivity contribution in [1.82, 2.24) is 4.90 Å². The van der Waals surface area contributed by atoms with Gasteiger partial charge in [0.2, 0.25) is 0 Å². The average molecular weight is 356 g/mol. The van der Waals surface area contributed by atoms with Gasteiger partial charge in [-0.25, -0.2) is 0 Å². The van der Waals surface area contributed by atoms with E-state index in [-0.39, 0.29) is 36.3 Å². The molecule has 2 bridgehead atoms. The normalized spacial score (nSPS) is 26.3. The third-order valence-electron chi connectivity index (χ3n) is 4.50. The van der Waals surface area contributed by atoms with Crippen molar-refractivity contribution in [3.63, 3.8) is 0 Å². The first-order valence-electron chi connectivity index (χ1n) is 7.93. The summed E-state index contributed by atoms with van der Waals surface area (Å²) in [5, 5.41) is 0.743. The number of hydrogen-bond donors (Lipinski definition) is 0. The summed E-state index contributed by atoms with van der Waals surface area (Å²) in [6.07, 6.45) is 3.13. The minimum atomic E-state index is -0.102. The zero-order valence-corrected chi connectivity index (χ0v) is 15.1. The minimum Gasteiger partial charge on any atom is -0.461 e. The fourth-order valence-electron chi connectivity index (χ4n) is 3.27. The lowest BCUT2D eigenvalue weighted by Crippen LogP contribution is -2.48. The van der Waals surface area contributed by atoms with Gasteiger partial charge in [0, 0.05) is 30.6 Å². The van der Waals surface area contributed by atoms with Crippen LogP contribution in [0.15, 0.2) is 30.3 Å². The van der Waals surface area contributed by atoms with Crippen LogP contribution in [0.2, 0.25) is 5.02 Å². The second kappa shape index (κ2) is 7.69. The lowest BCUT2D eigenvalue weighted by Gasteiger charge is -2.42. The molecule has 0 amide bonds. The first-order valence-corrected chi connectivity index (χ1v) is 8.31. The van der Waals surface area contributed by atoms with Crippen molar-refractivity contribution in [2.24, 2.45) is 11.8 Å². The Morgan fingerprint density at radius 2 is 2.17 bits per heavy atom. The van der Waals surface area contributed by atoms with Gasteiger partial charge in [0.05, 0.1) is 5.92 Å². The van der Waals surface area contributed by atoms with Gasteiger partial charge in [0.1, 0.15) is 6.10 Å². The first kappa shape index (κ1) is 18.3. The van der Waals surface area contributed by atoms with Crippen molar-refractivity contribution >= 4 is 35.6 Å². The summed E-state index contributed by atoms with van der Waals surface area (Å²) < 4.78 is 5.78. The Balaban J connectivity index is 0.00000192. The molecule has 23 heavy (non-hydrogen) atoms. The number of hydrogen-bond acceptors (Lipinski definition) is 3. The van der Waals surface area contributed by atoms with E-state index in [1.165, 1.54) is 5.57 Å². The van der Waals surface area contributed by atoms with Crippen molar-refractivity contribution in [2.75, 3.05) is 19.6 Å². The van der Waals surface area contributed by atoms with Crippen LogP contribution in [0.25, 0.3) is 5.57 Å². The maximum Gasteiger partial charge on any atom is 0.308 e. The van der Waals surface area contributed by atoms with Gasteiger partial charge in [0.15, 0.2) is 0 Å². The molecule has 0 aliphatic carbocycles. The van der Waals surface area contributed by atoms with Crippen molar-refractivity contribution in [2.45, 2.75) is 26.4 Å². The lowest BCUT2D eigenvalue weighted by molar-refractivity contribution is -0.157. The van der Waals surface area contributed by atoms with Crippen LogP contribution in [-0.2, 0) is 9.53 Å². The van der Waals surface area contributed by atoms with Crippen molar-refractivity contribution in [1.29, 1.82) is 0 Å². The monoisotopic (exact) mass is 355 g/mol. The Morgan fingerprint density at radius 1 is 1.39 bits per heavy atom. The van der Waals surface area contributed by atoms with Gasteiger partial charge in [-0.3, -0.25) is 9.69 Å². The van der Waals surface area contributed by atoms with E-state index in [9.17, 15) is 4.79 Å². The molecule has 0 saturated carbocycles. The highest BCUT2D eigenvalue weighted by Crippen LogP contribution is 2.36. The molecule has 2 aliphatic rings. The molecule has 126 valence electrons. The third kappa shape index (κ3) is 4.09. The van der Waals surface area contributed by atoms with Crippen molar-refractivity contribution in [3.05, 3.63) is 40.9 Å². The summed E-state index contributed by atoms with van der Waals surface area (Å²) >= 11 is 6.14. The summed E-state index contributed by atoms with van der Waals surface area (Å²) in [7, 11) is 0. The Kier molecular flexibility index (Phi) is 6.12. The zero-order valence-electron chi connectivity index (χ0n) is 13.5. The van der Waals surface area contributed by atoms with Gasteiger partial charge in [-0.2, -0.15) is 0 Å². The number of carbonyl (C=O) groups is 1. The summed E-state index contributed by atoms with van der Waals surface area (Å²) in [5.74, 6) is 0.0540. The first-order chi connectivity index (χ1) is 10.5. The molecule has 3 atom stereocenters. The summed E-state index contributed by atoms with van der Waals surface area (Å²) in [6, 6.07) is 7.95. The third-order valence-corrected chi connectivity index (χ3v) is 4.73. The molecule has 3 rings (SSSR count). The Morgan fingerprint density at radius 3 is 2.87 bits per heavy atom. The summed E-state index contributed by atoms with van der Waals surface area (Å²) in [4.78, 5) is 14.4. The highest BCUT2D eigenvalue weighted by molar-refractivity contribution is 6.30. The number of halogens is 2. The van der Waals surface area contributed by atoms with E-state index < -0.39 is 0 Å². The van der Waals surface area contributed by atoms with Crippen LogP contribution in [0.4, 0.5) is 0 Å². The number of benzene rings is 1. The quantitative estimate of drug-likeness (QED) is 0.766. The van der Waals surface area contributed by atoms with E-state index in [1.807, 2.05) is 32.0 Å². The minimum absolute atomic E-state index is 0. The predicted octanol–water partition coefficient (Wildman–Crippen LogP) is 4.05. The maximum atomic E-state index is 12.0. The van der Waals surface area contributed by atoms with Gasteiger partial charge in [0.25, 0.3) is 0 Å². The molecule has 0 radical (unpaired) electrons. The topological polar surface area (TPSA) is 29.5 Å². The molecule has 3 unspecified atom stereocenters. The van der Waals surface area contributed by atoms with Crippen LogP contribution < -0.4 is 0 Å². The van der Waals surface area contributed by atoms with Crippen LogP contribution in [0, 0.1) is 11.8 Å². The molecule has 2 heterocycles. The van der Waals surface area contributed by atoms with Crippen LogP contribution in [0.5, 0.6) is 0 Å². The van der Waals surface area contributed by atoms with E-state index in [4.69, 9.17) is 16.3 Å². The van der Waals surface area contributed by atoms with E-state index in [0.29, 0.717) is 0 Å². The number of carbonyl (C=O) groups excluding carboxylic acids is 1. The Labute approximate surface area is 149 Å². The molecule has 1 aromatic rings. The molecular formula is C18H23Cl2NO2. The number of rotatable bonds is 3. The Hall–Kier alpha value is -1.03. The molecule has 1 fully saturated rings. The molecule has 1 saturated heterocycles. The van der Waals surface area contributed by atoms with Crippen molar-refractivity contribution < 1.29 is 9.53 Å². The van der Waals surface area contributed by atoms with Gasteiger partial charge < -0.3 is 4.74 Å². The standard InChI is InChI=1S/C18H22ClNO2.ClH/c1-12(2)18(21)22-17-7-9-20-8-6-15(16(17)11-20)13-4-3-5-14(19)10-13;/h3-6,10,12,16-17H,7-9,11H2,1-2H3;1H. The highest BCUT2D eigenvalue weighted by Gasteiger charge is 2.37. The highest BCUT2D eigenvalue weighted by atomic mass is 35.5. The molecule has 2 aliphatic heterocycles.